The van der Waals surface area contributed by atoms with Crippen LogP contribution in [0.5, 0.6) is 0 Å². The highest BCUT2D eigenvalue weighted by molar-refractivity contribution is 5.47. The molecule has 2 nitrogen and oxygen atoms in total. The van der Waals surface area contributed by atoms with Crippen molar-refractivity contribution in [1.82, 2.24) is 4.98 Å². The first kappa shape index (κ1) is 11.4. The maximum absolute atomic E-state index is 13.1. The highest BCUT2D eigenvalue weighted by Crippen LogP contribution is 2.29. The number of anilines is 1. The van der Waals surface area contributed by atoms with E-state index in [1.54, 1.807) is 12.3 Å². The number of hydrogen-bond donors (Lipinski definition) is 0. The minimum absolute atomic E-state index is 0.258. The Kier molecular flexibility index (Phi) is 3.75. The van der Waals surface area contributed by atoms with Crippen LogP contribution in [0.4, 0.5) is 10.1 Å². The third kappa shape index (κ3) is 2.52. The molecule has 0 unspecified atom stereocenters. The van der Waals surface area contributed by atoms with Crippen LogP contribution in [0.25, 0.3) is 0 Å². The summed E-state index contributed by atoms with van der Waals surface area (Å²) >= 11 is 0. The SMILES string of the molecule is CCC[C@H]1CCC[CH]N1c1cncc(F)c1. The molecule has 16 heavy (non-hydrogen) atoms. The zero-order chi connectivity index (χ0) is 11.4. The summed E-state index contributed by atoms with van der Waals surface area (Å²) in [5.41, 5.74) is 0.887. The van der Waals surface area contributed by atoms with Crippen LogP contribution in [-0.4, -0.2) is 11.0 Å². The van der Waals surface area contributed by atoms with Gasteiger partial charge in [0.1, 0.15) is 5.82 Å². The Labute approximate surface area is 96.5 Å². The number of piperidine rings is 1. The van der Waals surface area contributed by atoms with Gasteiger partial charge in [-0.05, 0) is 25.7 Å². The fourth-order valence-electron chi connectivity index (χ4n) is 2.35. The van der Waals surface area contributed by atoms with Crippen molar-refractivity contribution in [2.24, 2.45) is 0 Å². The molecule has 87 valence electrons. The molecule has 1 aliphatic heterocycles. The van der Waals surface area contributed by atoms with Crippen molar-refractivity contribution in [3.8, 4) is 0 Å². The van der Waals surface area contributed by atoms with Crippen molar-refractivity contribution in [3.05, 3.63) is 30.8 Å². The van der Waals surface area contributed by atoms with E-state index in [0.29, 0.717) is 6.04 Å². The smallest absolute Gasteiger partial charge is 0.143 e. The Balaban J connectivity index is 2.16. The molecule has 1 radical (unpaired) electrons. The van der Waals surface area contributed by atoms with Crippen molar-refractivity contribution < 1.29 is 4.39 Å². The summed E-state index contributed by atoms with van der Waals surface area (Å²) in [4.78, 5) is 6.11. The Bertz CT molecular complexity index is 338. The quantitative estimate of drug-likeness (QED) is 0.776. The topological polar surface area (TPSA) is 16.1 Å². The van der Waals surface area contributed by atoms with Gasteiger partial charge in [-0.15, -0.1) is 0 Å². The molecule has 0 saturated carbocycles. The standard InChI is InChI=1S/C13H18FN2/c1-2-5-12-6-3-4-7-16(12)13-8-11(14)9-15-10-13/h7-10,12H,2-6H2,1H3/t12-/m0/s1. The predicted molar refractivity (Wildman–Crippen MR) is 63.5 cm³/mol. The summed E-state index contributed by atoms with van der Waals surface area (Å²) in [6.07, 6.45) is 8.84. The summed E-state index contributed by atoms with van der Waals surface area (Å²) in [5.74, 6) is -0.258. The third-order valence-electron chi connectivity index (χ3n) is 3.07. The first-order valence-electron chi connectivity index (χ1n) is 6.03. The molecule has 1 aromatic rings. The highest BCUT2D eigenvalue weighted by atomic mass is 19.1. The zero-order valence-corrected chi connectivity index (χ0v) is 9.69. The van der Waals surface area contributed by atoms with Gasteiger partial charge < -0.3 is 4.90 Å². The van der Waals surface area contributed by atoms with E-state index in [1.807, 2.05) is 0 Å². The van der Waals surface area contributed by atoms with E-state index in [1.165, 1.54) is 19.0 Å². The molecule has 3 heteroatoms. The maximum Gasteiger partial charge on any atom is 0.143 e. The summed E-state index contributed by atoms with van der Waals surface area (Å²) in [6, 6.07) is 2.08. The van der Waals surface area contributed by atoms with Gasteiger partial charge in [0.05, 0.1) is 18.1 Å². The number of aromatic nitrogens is 1. The average molecular weight is 221 g/mol. The summed E-state index contributed by atoms with van der Waals surface area (Å²) in [5, 5.41) is 0. The number of pyridine rings is 1. The molecule has 1 aliphatic rings. The monoisotopic (exact) mass is 221 g/mol. The van der Waals surface area contributed by atoms with Crippen molar-refractivity contribution in [2.45, 2.75) is 45.1 Å². The zero-order valence-electron chi connectivity index (χ0n) is 9.69. The van der Waals surface area contributed by atoms with Crippen molar-refractivity contribution in [3.63, 3.8) is 0 Å². The molecular weight excluding hydrogens is 203 g/mol. The first-order chi connectivity index (χ1) is 7.81. The minimum atomic E-state index is -0.258. The fourth-order valence-corrected chi connectivity index (χ4v) is 2.35. The lowest BCUT2D eigenvalue weighted by Crippen LogP contribution is -2.36. The largest absolute Gasteiger partial charge is 0.362 e. The molecule has 1 saturated heterocycles. The van der Waals surface area contributed by atoms with Crippen LogP contribution in [0, 0.1) is 12.4 Å². The van der Waals surface area contributed by atoms with Gasteiger partial charge in [-0.2, -0.15) is 0 Å². The second kappa shape index (κ2) is 5.28. The van der Waals surface area contributed by atoms with E-state index in [-0.39, 0.29) is 5.82 Å². The van der Waals surface area contributed by atoms with E-state index >= 15 is 0 Å². The predicted octanol–water partition coefficient (Wildman–Crippen LogP) is 3.54. The maximum atomic E-state index is 13.1. The van der Waals surface area contributed by atoms with E-state index in [2.05, 4.69) is 23.4 Å². The van der Waals surface area contributed by atoms with Gasteiger partial charge in [0.25, 0.3) is 0 Å². The van der Waals surface area contributed by atoms with E-state index in [4.69, 9.17) is 0 Å². The molecular formula is C13H18FN2. The van der Waals surface area contributed by atoms with Crippen LogP contribution in [0.1, 0.15) is 39.0 Å². The lowest BCUT2D eigenvalue weighted by atomic mass is 9.98. The molecule has 0 N–H and O–H groups in total. The van der Waals surface area contributed by atoms with Gasteiger partial charge in [-0.1, -0.05) is 13.3 Å². The number of rotatable bonds is 3. The second-order valence-corrected chi connectivity index (χ2v) is 4.32. The normalized spacial score (nSPS) is 21.1. The molecule has 0 bridgehead atoms. The number of nitrogens with zero attached hydrogens (tertiary/aromatic N) is 2. The molecule has 0 spiro atoms. The molecule has 1 fully saturated rings. The van der Waals surface area contributed by atoms with Crippen LogP contribution in [0.2, 0.25) is 0 Å². The van der Waals surface area contributed by atoms with E-state index in [0.717, 1.165) is 24.9 Å². The van der Waals surface area contributed by atoms with Crippen LogP contribution in [-0.2, 0) is 0 Å². The van der Waals surface area contributed by atoms with Crippen LogP contribution < -0.4 is 4.90 Å². The Hall–Kier alpha value is -1.12. The molecule has 2 heterocycles. The molecule has 2 rings (SSSR count). The van der Waals surface area contributed by atoms with Crippen LogP contribution in [0.15, 0.2) is 18.5 Å². The van der Waals surface area contributed by atoms with Gasteiger partial charge in [-0.3, -0.25) is 4.98 Å². The van der Waals surface area contributed by atoms with Crippen molar-refractivity contribution in [2.75, 3.05) is 4.90 Å². The molecule has 0 amide bonds. The number of hydrogen-bond acceptors (Lipinski definition) is 2. The van der Waals surface area contributed by atoms with Crippen LogP contribution in [0.3, 0.4) is 0 Å². The molecule has 0 aliphatic carbocycles. The first-order valence-corrected chi connectivity index (χ1v) is 6.03. The summed E-state index contributed by atoms with van der Waals surface area (Å²) in [7, 11) is 0. The third-order valence-corrected chi connectivity index (χ3v) is 3.07. The average Bonchev–Trinajstić information content (AvgIpc) is 2.30. The van der Waals surface area contributed by atoms with Gasteiger partial charge in [0.2, 0.25) is 0 Å². The van der Waals surface area contributed by atoms with Gasteiger partial charge in [0, 0.05) is 18.7 Å². The summed E-state index contributed by atoms with van der Waals surface area (Å²) in [6.45, 7) is 4.37. The summed E-state index contributed by atoms with van der Waals surface area (Å²) < 4.78 is 13.1. The van der Waals surface area contributed by atoms with Gasteiger partial charge in [-0.25, -0.2) is 4.39 Å². The van der Waals surface area contributed by atoms with Gasteiger partial charge >= 0.3 is 0 Å². The minimum Gasteiger partial charge on any atom is -0.362 e. The fraction of sp³-hybridized carbons (Fsp3) is 0.538. The lowest BCUT2D eigenvalue weighted by molar-refractivity contribution is 0.466. The molecule has 0 aromatic carbocycles. The van der Waals surface area contributed by atoms with E-state index < -0.39 is 0 Å². The Morgan fingerprint density at radius 3 is 3.12 bits per heavy atom. The Morgan fingerprint density at radius 2 is 2.38 bits per heavy atom. The number of halogens is 1. The van der Waals surface area contributed by atoms with E-state index in [9.17, 15) is 4.39 Å². The van der Waals surface area contributed by atoms with Crippen LogP contribution >= 0.6 is 0 Å². The second-order valence-electron chi connectivity index (χ2n) is 4.32. The van der Waals surface area contributed by atoms with Crippen molar-refractivity contribution >= 4 is 5.69 Å². The molecule has 1 atom stereocenters. The highest BCUT2D eigenvalue weighted by Gasteiger charge is 2.22. The Morgan fingerprint density at radius 1 is 1.50 bits per heavy atom. The van der Waals surface area contributed by atoms with Crippen molar-refractivity contribution in [1.29, 1.82) is 0 Å². The molecule has 1 aromatic heterocycles. The van der Waals surface area contributed by atoms with Gasteiger partial charge in [0.15, 0.2) is 0 Å². The lowest BCUT2D eigenvalue weighted by Gasteiger charge is -2.36.